The van der Waals surface area contributed by atoms with Crippen molar-refractivity contribution >= 4 is 0 Å². The molecule has 1 saturated heterocycles. The van der Waals surface area contributed by atoms with E-state index in [0.717, 1.165) is 12.1 Å². The molecule has 0 saturated carbocycles. The molecule has 1 aromatic rings. The molecule has 2 nitrogen and oxygen atoms in total. The molecule has 1 atom stereocenters. The van der Waals surface area contributed by atoms with Crippen molar-refractivity contribution in [2.45, 2.75) is 38.3 Å². The Kier molecular flexibility index (Phi) is 3.75. The molecular weight excluding hydrogens is 186 g/mol. The fourth-order valence-corrected chi connectivity index (χ4v) is 2.22. The third-order valence-electron chi connectivity index (χ3n) is 3.10. The second kappa shape index (κ2) is 5.29. The van der Waals surface area contributed by atoms with Gasteiger partial charge in [-0.2, -0.15) is 0 Å². The second-order valence-electron chi connectivity index (χ2n) is 4.26. The first kappa shape index (κ1) is 10.7. The summed E-state index contributed by atoms with van der Waals surface area (Å²) in [6.07, 6.45) is 5.15. The minimum Gasteiger partial charge on any atom is -0.392 e. The van der Waals surface area contributed by atoms with Gasteiger partial charge in [-0.1, -0.05) is 37.1 Å². The highest BCUT2D eigenvalue weighted by atomic mass is 16.3. The van der Waals surface area contributed by atoms with E-state index in [0.29, 0.717) is 6.04 Å². The van der Waals surface area contributed by atoms with E-state index < -0.39 is 0 Å². The van der Waals surface area contributed by atoms with Gasteiger partial charge in [0, 0.05) is 6.04 Å². The van der Waals surface area contributed by atoms with Gasteiger partial charge in [-0.15, -0.1) is 0 Å². The lowest BCUT2D eigenvalue weighted by Crippen LogP contribution is -2.20. The Morgan fingerprint density at radius 2 is 2.20 bits per heavy atom. The highest BCUT2D eigenvalue weighted by Crippen LogP contribution is 2.23. The maximum absolute atomic E-state index is 9.10. The summed E-state index contributed by atoms with van der Waals surface area (Å²) in [5.41, 5.74) is 2.34. The number of aliphatic hydroxyl groups is 1. The standard InChI is InChI=1S/C13H19NO/c15-10-11-5-4-6-12(9-11)13-7-2-1-3-8-14-13/h4-6,9,13-15H,1-3,7-8,10H2. The van der Waals surface area contributed by atoms with E-state index in [2.05, 4.69) is 17.4 Å². The monoisotopic (exact) mass is 205 g/mol. The first-order valence-electron chi connectivity index (χ1n) is 5.83. The molecule has 0 aliphatic carbocycles. The fraction of sp³-hybridized carbons (Fsp3) is 0.538. The van der Waals surface area contributed by atoms with Crippen molar-refractivity contribution in [3.63, 3.8) is 0 Å². The summed E-state index contributed by atoms with van der Waals surface area (Å²) in [6, 6.07) is 8.76. The fourth-order valence-electron chi connectivity index (χ4n) is 2.22. The van der Waals surface area contributed by atoms with Crippen LogP contribution in [0.25, 0.3) is 0 Å². The lowest BCUT2D eigenvalue weighted by molar-refractivity contribution is 0.281. The largest absolute Gasteiger partial charge is 0.392 e. The molecule has 2 heteroatoms. The number of rotatable bonds is 2. The van der Waals surface area contributed by atoms with E-state index in [-0.39, 0.29) is 6.61 Å². The Balaban J connectivity index is 2.12. The van der Waals surface area contributed by atoms with E-state index in [4.69, 9.17) is 5.11 Å². The quantitative estimate of drug-likeness (QED) is 0.777. The first-order chi connectivity index (χ1) is 7.40. The molecule has 82 valence electrons. The maximum Gasteiger partial charge on any atom is 0.0681 e. The molecule has 15 heavy (non-hydrogen) atoms. The predicted octanol–water partition coefficient (Wildman–Crippen LogP) is 2.38. The number of nitrogens with one attached hydrogen (secondary N) is 1. The summed E-state index contributed by atoms with van der Waals surface area (Å²) in [5, 5.41) is 12.7. The van der Waals surface area contributed by atoms with Crippen LogP contribution in [0.2, 0.25) is 0 Å². The van der Waals surface area contributed by atoms with Crippen molar-refractivity contribution in [2.24, 2.45) is 0 Å². The van der Waals surface area contributed by atoms with Crippen LogP contribution in [0, 0.1) is 0 Å². The smallest absolute Gasteiger partial charge is 0.0681 e. The van der Waals surface area contributed by atoms with Crippen molar-refractivity contribution in [1.82, 2.24) is 5.32 Å². The lowest BCUT2D eigenvalue weighted by atomic mass is 10.0. The Morgan fingerprint density at radius 3 is 3.07 bits per heavy atom. The van der Waals surface area contributed by atoms with Gasteiger partial charge >= 0.3 is 0 Å². The minimum absolute atomic E-state index is 0.139. The van der Waals surface area contributed by atoms with Crippen molar-refractivity contribution in [3.8, 4) is 0 Å². The molecule has 0 spiro atoms. The zero-order chi connectivity index (χ0) is 10.5. The zero-order valence-electron chi connectivity index (χ0n) is 9.08. The average Bonchev–Trinajstić information content (AvgIpc) is 2.58. The van der Waals surface area contributed by atoms with Crippen LogP contribution in [0.5, 0.6) is 0 Å². The molecule has 1 unspecified atom stereocenters. The summed E-state index contributed by atoms with van der Waals surface area (Å²) >= 11 is 0. The number of aliphatic hydroxyl groups excluding tert-OH is 1. The molecule has 1 aliphatic heterocycles. The average molecular weight is 205 g/mol. The molecule has 2 N–H and O–H groups in total. The Labute approximate surface area is 91.3 Å². The van der Waals surface area contributed by atoms with Gasteiger partial charge in [0.1, 0.15) is 0 Å². The molecule has 1 aliphatic rings. The topological polar surface area (TPSA) is 32.3 Å². The summed E-state index contributed by atoms with van der Waals surface area (Å²) in [4.78, 5) is 0. The Bertz CT molecular complexity index is 303. The van der Waals surface area contributed by atoms with Gasteiger partial charge in [0.15, 0.2) is 0 Å². The van der Waals surface area contributed by atoms with Crippen molar-refractivity contribution < 1.29 is 5.11 Å². The van der Waals surface area contributed by atoms with Crippen LogP contribution >= 0.6 is 0 Å². The number of hydrogen-bond acceptors (Lipinski definition) is 2. The first-order valence-corrected chi connectivity index (χ1v) is 5.83. The van der Waals surface area contributed by atoms with E-state index >= 15 is 0 Å². The van der Waals surface area contributed by atoms with Crippen molar-refractivity contribution in [1.29, 1.82) is 0 Å². The van der Waals surface area contributed by atoms with Crippen LogP contribution in [0.4, 0.5) is 0 Å². The second-order valence-corrected chi connectivity index (χ2v) is 4.26. The van der Waals surface area contributed by atoms with Gasteiger partial charge in [0.25, 0.3) is 0 Å². The Morgan fingerprint density at radius 1 is 1.27 bits per heavy atom. The van der Waals surface area contributed by atoms with Crippen molar-refractivity contribution in [3.05, 3.63) is 35.4 Å². The zero-order valence-corrected chi connectivity index (χ0v) is 9.08. The van der Waals surface area contributed by atoms with Gasteiger partial charge in [0.2, 0.25) is 0 Å². The molecule has 0 amide bonds. The summed E-state index contributed by atoms with van der Waals surface area (Å²) < 4.78 is 0. The van der Waals surface area contributed by atoms with Gasteiger partial charge < -0.3 is 10.4 Å². The van der Waals surface area contributed by atoms with Crippen LogP contribution in [-0.2, 0) is 6.61 Å². The molecule has 0 bridgehead atoms. The number of hydrogen-bond donors (Lipinski definition) is 2. The van der Waals surface area contributed by atoms with Crippen LogP contribution in [0.3, 0.4) is 0 Å². The molecule has 1 fully saturated rings. The number of benzene rings is 1. The maximum atomic E-state index is 9.10. The van der Waals surface area contributed by atoms with Gasteiger partial charge in [-0.25, -0.2) is 0 Å². The molecular formula is C13H19NO. The normalized spacial score (nSPS) is 22.3. The van der Waals surface area contributed by atoms with E-state index in [1.807, 2.05) is 12.1 Å². The van der Waals surface area contributed by atoms with Crippen LogP contribution in [-0.4, -0.2) is 11.7 Å². The van der Waals surface area contributed by atoms with Gasteiger partial charge in [-0.3, -0.25) is 0 Å². The van der Waals surface area contributed by atoms with Gasteiger partial charge in [0.05, 0.1) is 6.61 Å². The summed E-state index contributed by atoms with van der Waals surface area (Å²) in [7, 11) is 0. The van der Waals surface area contributed by atoms with E-state index in [1.165, 1.54) is 31.2 Å². The van der Waals surface area contributed by atoms with E-state index in [1.54, 1.807) is 0 Å². The van der Waals surface area contributed by atoms with E-state index in [9.17, 15) is 0 Å². The van der Waals surface area contributed by atoms with Crippen LogP contribution < -0.4 is 5.32 Å². The summed E-state index contributed by atoms with van der Waals surface area (Å²) in [6.45, 7) is 1.26. The lowest BCUT2D eigenvalue weighted by Gasteiger charge is -2.16. The third-order valence-corrected chi connectivity index (χ3v) is 3.10. The SMILES string of the molecule is OCc1cccc(C2CCCCCN2)c1. The summed E-state index contributed by atoms with van der Waals surface area (Å²) in [5.74, 6) is 0. The molecule has 0 radical (unpaired) electrons. The highest BCUT2D eigenvalue weighted by molar-refractivity contribution is 5.25. The van der Waals surface area contributed by atoms with Crippen LogP contribution in [0.1, 0.15) is 42.9 Å². The molecule has 1 aromatic carbocycles. The van der Waals surface area contributed by atoms with Crippen molar-refractivity contribution in [2.75, 3.05) is 6.54 Å². The minimum atomic E-state index is 0.139. The highest BCUT2D eigenvalue weighted by Gasteiger charge is 2.13. The predicted molar refractivity (Wildman–Crippen MR) is 61.6 cm³/mol. The van der Waals surface area contributed by atoms with Gasteiger partial charge in [-0.05, 0) is 30.5 Å². The van der Waals surface area contributed by atoms with Crippen LogP contribution in [0.15, 0.2) is 24.3 Å². The Hall–Kier alpha value is -0.860. The molecule has 2 rings (SSSR count). The molecule has 1 heterocycles. The third kappa shape index (κ3) is 2.80. The molecule has 0 aromatic heterocycles.